The molecule has 0 radical (unpaired) electrons. The summed E-state index contributed by atoms with van der Waals surface area (Å²) in [6.45, 7) is 7.95. The highest BCUT2D eigenvalue weighted by Crippen LogP contribution is 2.23. The summed E-state index contributed by atoms with van der Waals surface area (Å²) >= 11 is 3.85. The van der Waals surface area contributed by atoms with E-state index in [-0.39, 0.29) is 24.8 Å². The summed E-state index contributed by atoms with van der Waals surface area (Å²) in [7, 11) is 0. The number of nitrogens with zero attached hydrogens (tertiary/aromatic N) is 2. The zero-order chi connectivity index (χ0) is 14.5. The maximum absolute atomic E-state index is 5.16. The maximum atomic E-state index is 5.16. The number of thioether (sulfide) groups is 2. The van der Waals surface area contributed by atoms with E-state index >= 15 is 0 Å². The first-order valence-corrected chi connectivity index (χ1v) is 8.89. The van der Waals surface area contributed by atoms with Crippen molar-refractivity contribution in [2.45, 2.75) is 39.2 Å². The first-order chi connectivity index (χ1) is 9.59. The molecule has 0 N–H and O–H groups in total. The molecule has 8 heteroatoms. The van der Waals surface area contributed by atoms with Crippen molar-refractivity contribution in [3.05, 3.63) is 34.0 Å². The Balaban J connectivity index is 0.00000220. The van der Waals surface area contributed by atoms with Gasteiger partial charge in [0.25, 0.3) is 0 Å². The molecule has 0 aromatic carbocycles. The molecular weight excluding hydrogens is 363 g/mol. The molecule has 22 heavy (non-hydrogen) atoms. The van der Waals surface area contributed by atoms with Gasteiger partial charge < -0.3 is 9.05 Å². The molecule has 0 saturated carbocycles. The second-order valence-corrected chi connectivity index (χ2v) is 6.92. The van der Waals surface area contributed by atoms with Crippen LogP contribution in [0.3, 0.4) is 0 Å². The molecule has 0 aliphatic carbocycles. The van der Waals surface area contributed by atoms with Crippen molar-refractivity contribution in [1.29, 1.82) is 0 Å². The van der Waals surface area contributed by atoms with E-state index in [9.17, 15) is 0 Å². The predicted molar refractivity (Wildman–Crippen MR) is 98.8 cm³/mol. The molecule has 4 nitrogen and oxygen atoms in total. The van der Waals surface area contributed by atoms with Crippen LogP contribution in [0.2, 0.25) is 0 Å². The molecule has 2 heterocycles. The van der Waals surface area contributed by atoms with E-state index < -0.39 is 0 Å². The molecular formula is C14H22Cl2N2O2S2. The summed E-state index contributed by atoms with van der Waals surface area (Å²) in [5.41, 5.74) is 4.51. The van der Waals surface area contributed by atoms with Crippen LogP contribution in [-0.2, 0) is 11.5 Å². The van der Waals surface area contributed by atoms with Crippen molar-refractivity contribution in [3.8, 4) is 0 Å². The van der Waals surface area contributed by atoms with Crippen LogP contribution < -0.4 is 0 Å². The molecule has 0 atom stereocenters. The average molecular weight is 385 g/mol. The van der Waals surface area contributed by atoms with Gasteiger partial charge in [0.2, 0.25) is 0 Å². The number of hydrogen-bond acceptors (Lipinski definition) is 6. The third kappa shape index (κ3) is 5.72. The summed E-state index contributed by atoms with van der Waals surface area (Å²) in [6, 6.07) is 0. The van der Waals surface area contributed by atoms with Gasteiger partial charge in [-0.2, -0.15) is 23.5 Å². The highest BCUT2D eigenvalue weighted by Gasteiger charge is 2.10. The number of aryl methyl sites for hydroxylation is 4. The Morgan fingerprint density at radius 1 is 0.727 bits per heavy atom. The fourth-order valence-corrected chi connectivity index (χ4v) is 4.35. The fourth-order valence-electron chi connectivity index (χ4n) is 1.88. The first-order valence-electron chi connectivity index (χ1n) is 6.58. The minimum absolute atomic E-state index is 0. The molecule has 0 saturated heterocycles. The Morgan fingerprint density at radius 3 is 1.36 bits per heavy atom. The van der Waals surface area contributed by atoms with Gasteiger partial charge in [0, 0.05) is 34.1 Å². The second kappa shape index (κ2) is 10.5. The van der Waals surface area contributed by atoms with Crippen LogP contribution in [0.15, 0.2) is 9.05 Å². The highest BCUT2D eigenvalue weighted by atomic mass is 35.5. The first kappa shape index (κ1) is 21.7. The standard InChI is InChI=1S/C14H20N2O2S2.2ClH/c1-9-13(11(3)17-15-9)7-19-5-6-20-8-14-10(2)16-18-12(14)4;;/h5-8H2,1-4H3;2*1H. The molecule has 0 spiro atoms. The molecule has 0 aliphatic rings. The predicted octanol–water partition coefficient (Wildman–Crippen LogP) is 4.91. The van der Waals surface area contributed by atoms with Crippen molar-refractivity contribution in [1.82, 2.24) is 10.3 Å². The van der Waals surface area contributed by atoms with Crippen molar-refractivity contribution in [2.75, 3.05) is 11.5 Å². The van der Waals surface area contributed by atoms with Crippen LogP contribution in [-0.4, -0.2) is 21.8 Å². The molecule has 2 aromatic rings. The van der Waals surface area contributed by atoms with E-state index in [1.807, 2.05) is 51.2 Å². The Bertz CT molecular complexity index is 484. The van der Waals surface area contributed by atoms with Gasteiger partial charge in [-0.3, -0.25) is 0 Å². The molecule has 126 valence electrons. The van der Waals surface area contributed by atoms with E-state index in [4.69, 9.17) is 9.05 Å². The van der Waals surface area contributed by atoms with E-state index in [0.717, 1.165) is 45.9 Å². The number of rotatable bonds is 7. The number of aromatic nitrogens is 2. The third-order valence-corrected chi connectivity index (χ3v) is 5.46. The van der Waals surface area contributed by atoms with E-state index in [1.165, 1.54) is 11.1 Å². The van der Waals surface area contributed by atoms with Gasteiger partial charge in [-0.1, -0.05) is 10.3 Å². The van der Waals surface area contributed by atoms with Gasteiger partial charge in [0.15, 0.2) is 0 Å². The van der Waals surface area contributed by atoms with Crippen molar-refractivity contribution in [2.24, 2.45) is 0 Å². The molecule has 2 rings (SSSR count). The number of halogens is 2. The average Bonchev–Trinajstić information content (AvgIpc) is 2.90. The van der Waals surface area contributed by atoms with Gasteiger partial charge >= 0.3 is 0 Å². The Kier molecular flexibility index (Phi) is 10.3. The summed E-state index contributed by atoms with van der Waals surface area (Å²) in [4.78, 5) is 0. The lowest BCUT2D eigenvalue weighted by molar-refractivity contribution is 0.392. The van der Waals surface area contributed by atoms with E-state index in [0.29, 0.717) is 0 Å². The summed E-state index contributed by atoms with van der Waals surface area (Å²) < 4.78 is 10.3. The van der Waals surface area contributed by atoms with Crippen LogP contribution >= 0.6 is 48.3 Å². The minimum atomic E-state index is 0. The molecule has 0 bridgehead atoms. The third-order valence-electron chi connectivity index (χ3n) is 3.23. The SMILES string of the molecule is Cc1noc(C)c1CSCCSCc1c(C)noc1C.Cl.Cl. The monoisotopic (exact) mass is 384 g/mol. The van der Waals surface area contributed by atoms with Crippen LogP contribution in [0.25, 0.3) is 0 Å². The van der Waals surface area contributed by atoms with Gasteiger partial charge in [0.1, 0.15) is 11.5 Å². The molecule has 0 aliphatic heterocycles. The van der Waals surface area contributed by atoms with Crippen molar-refractivity contribution >= 4 is 48.3 Å². The van der Waals surface area contributed by atoms with Crippen molar-refractivity contribution < 1.29 is 9.05 Å². The quantitative estimate of drug-likeness (QED) is 0.632. The van der Waals surface area contributed by atoms with E-state index in [2.05, 4.69) is 10.3 Å². The lowest BCUT2D eigenvalue weighted by Gasteiger charge is -2.02. The topological polar surface area (TPSA) is 52.1 Å². The fraction of sp³-hybridized carbons (Fsp3) is 0.571. The zero-order valence-corrected chi connectivity index (χ0v) is 16.4. The molecule has 0 fully saturated rings. The van der Waals surface area contributed by atoms with Crippen LogP contribution in [0.4, 0.5) is 0 Å². The lowest BCUT2D eigenvalue weighted by Crippen LogP contribution is -1.91. The van der Waals surface area contributed by atoms with Crippen LogP contribution in [0.1, 0.15) is 34.0 Å². The van der Waals surface area contributed by atoms with Crippen molar-refractivity contribution in [3.63, 3.8) is 0 Å². The summed E-state index contributed by atoms with van der Waals surface area (Å²) in [5, 5.41) is 7.95. The largest absolute Gasteiger partial charge is 0.361 e. The Labute approximate surface area is 152 Å². The maximum Gasteiger partial charge on any atom is 0.137 e. The van der Waals surface area contributed by atoms with Gasteiger partial charge in [-0.25, -0.2) is 0 Å². The smallest absolute Gasteiger partial charge is 0.137 e. The van der Waals surface area contributed by atoms with Gasteiger partial charge in [-0.15, -0.1) is 24.8 Å². The zero-order valence-electron chi connectivity index (χ0n) is 13.2. The normalized spacial score (nSPS) is 10.2. The van der Waals surface area contributed by atoms with Crippen LogP contribution in [0.5, 0.6) is 0 Å². The summed E-state index contributed by atoms with van der Waals surface area (Å²) in [6.07, 6.45) is 0. The Hall–Kier alpha value is -0.300. The van der Waals surface area contributed by atoms with Gasteiger partial charge in [0.05, 0.1) is 11.4 Å². The Morgan fingerprint density at radius 2 is 1.09 bits per heavy atom. The second-order valence-electron chi connectivity index (χ2n) is 4.71. The minimum Gasteiger partial charge on any atom is -0.361 e. The summed E-state index contributed by atoms with van der Waals surface area (Å²) in [5.74, 6) is 6.09. The van der Waals surface area contributed by atoms with Crippen LogP contribution in [0, 0.1) is 27.7 Å². The number of hydrogen-bond donors (Lipinski definition) is 0. The molecule has 0 amide bonds. The highest BCUT2D eigenvalue weighted by molar-refractivity contribution is 8.02. The molecule has 0 unspecified atom stereocenters. The molecule has 2 aromatic heterocycles. The van der Waals surface area contributed by atoms with E-state index in [1.54, 1.807) is 0 Å². The van der Waals surface area contributed by atoms with Gasteiger partial charge in [-0.05, 0) is 27.7 Å². The lowest BCUT2D eigenvalue weighted by atomic mass is 10.2.